The summed E-state index contributed by atoms with van der Waals surface area (Å²) in [7, 11) is 0. The van der Waals surface area contributed by atoms with Gasteiger partial charge in [-0.1, -0.05) is 12.1 Å². The molecule has 0 aliphatic heterocycles. The summed E-state index contributed by atoms with van der Waals surface area (Å²) in [5.74, 6) is 0.344. The average Bonchev–Trinajstić information content (AvgIpc) is 3.12. The van der Waals surface area contributed by atoms with Crippen molar-refractivity contribution in [2.45, 2.75) is 19.3 Å². The van der Waals surface area contributed by atoms with E-state index in [0.29, 0.717) is 13.1 Å². The van der Waals surface area contributed by atoms with Crippen molar-refractivity contribution < 1.29 is 9.90 Å². The van der Waals surface area contributed by atoms with Crippen molar-refractivity contribution in [1.82, 2.24) is 5.32 Å². The number of rotatable bonds is 5. The van der Waals surface area contributed by atoms with Crippen LogP contribution < -0.4 is 11.1 Å². The lowest BCUT2D eigenvalue weighted by Crippen LogP contribution is -2.37. The minimum absolute atomic E-state index is 0.0822. The van der Waals surface area contributed by atoms with Gasteiger partial charge in [-0.2, -0.15) is 0 Å². The molecule has 0 aromatic heterocycles. The van der Waals surface area contributed by atoms with Crippen molar-refractivity contribution in [2.75, 3.05) is 13.1 Å². The molecule has 2 rings (SSSR count). The summed E-state index contributed by atoms with van der Waals surface area (Å²) in [4.78, 5) is 11.8. The van der Waals surface area contributed by atoms with Gasteiger partial charge in [0, 0.05) is 13.1 Å². The number of benzene rings is 1. The molecule has 0 bridgehead atoms. The molecule has 0 unspecified atom stereocenters. The third-order valence-electron chi connectivity index (χ3n) is 3.36. The first-order valence-corrected chi connectivity index (χ1v) is 5.93. The van der Waals surface area contributed by atoms with E-state index in [2.05, 4.69) is 5.32 Å². The molecule has 1 aromatic carbocycles. The first-order valence-electron chi connectivity index (χ1n) is 5.93. The number of hydrogen-bond acceptors (Lipinski definition) is 3. The fraction of sp³-hybridized carbons (Fsp3) is 0.462. The van der Waals surface area contributed by atoms with Gasteiger partial charge in [-0.3, -0.25) is 4.79 Å². The average molecular weight is 234 g/mol. The largest absolute Gasteiger partial charge is 0.508 e. The molecular formula is C13H18N2O2. The first kappa shape index (κ1) is 11.9. The van der Waals surface area contributed by atoms with Crippen molar-refractivity contribution in [1.29, 1.82) is 0 Å². The Morgan fingerprint density at radius 3 is 2.53 bits per heavy atom. The molecule has 0 atom stereocenters. The van der Waals surface area contributed by atoms with E-state index in [0.717, 1.165) is 24.8 Å². The van der Waals surface area contributed by atoms with Crippen LogP contribution in [0.5, 0.6) is 5.75 Å². The number of nitrogens with two attached hydrogens (primary N) is 1. The second-order valence-electron chi connectivity index (χ2n) is 4.66. The van der Waals surface area contributed by atoms with Crippen LogP contribution in [0.3, 0.4) is 0 Å². The Balaban J connectivity index is 1.76. The lowest BCUT2D eigenvalue weighted by molar-refractivity contribution is -0.125. The van der Waals surface area contributed by atoms with E-state index in [1.54, 1.807) is 12.1 Å². The van der Waals surface area contributed by atoms with Gasteiger partial charge in [0.25, 0.3) is 0 Å². The SMILES string of the molecule is NCC1(C(=O)NCCc2ccc(O)cc2)CC1. The molecule has 4 heteroatoms. The van der Waals surface area contributed by atoms with Crippen LogP contribution in [0.15, 0.2) is 24.3 Å². The molecule has 17 heavy (non-hydrogen) atoms. The predicted molar refractivity (Wildman–Crippen MR) is 65.5 cm³/mol. The molecule has 0 saturated heterocycles. The minimum atomic E-state index is -0.269. The molecule has 0 radical (unpaired) electrons. The van der Waals surface area contributed by atoms with Crippen molar-refractivity contribution in [3.05, 3.63) is 29.8 Å². The molecule has 1 amide bonds. The van der Waals surface area contributed by atoms with E-state index in [9.17, 15) is 4.79 Å². The van der Waals surface area contributed by atoms with Gasteiger partial charge in [-0.15, -0.1) is 0 Å². The van der Waals surface area contributed by atoms with Gasteiger partial charge in [0.15, 0.2) is 0 Å². The number of nitrogens with one attached hydrogen (secondary N) is 1. The first-order chi connectivity index (χ1) is 8.16. The lowest BCUT2D eigenvalue weighted by atomic mass is 10.1. The van der Waals surface area contributed by atoms with E-state index in [4.69, 9.17) is 10.8 Å². The van der Waals surface area contributed by atoms with Crippen molar-refractivity contribution in [2.24, 2.45) is 11.1 Å². The molecule has 1 fully saturated rings. The Bertz CT molecular complexity index is 396. The zero-order valence-electron chi connectivity index (χ0n) is 9.78. The Labute approximate surface area is 101 Å². The Morgan fingerprint density at radius 1 is 1.35 bits per heavy atom. The summed E-state index contributed by atoms with van der Waals surface area (Å²) < 4.78 is 0. The van der Waals surface area contributed by atoms with Crippen LogP contribution in [0.2, 0.25) is 0 Å². The smallest absolute Gasteiger partial charge is 0.227 e. The van der Waals surface area contributed by atoms with Gasteiger partial charge in [0.2, 0.25) is 5.91 Å². The monoisotopic (exact) mass is 234 g/mol. The number of carbonyl (C=O) groups excluding carboxylic acids is 1. The van der Waals surface area contributed by atoms with E-state index in [1.807, 2.05) is 12.1 Å². The minimum Gasteiger partial charge on any atom is -0.508 e. The van der Waals surface area contributed by atoms with E-state index in [1.165, 1.54) is 0 Å². The van der Waals surface area contributed by atoms with Crippen LogP contribution >= 0.6 is 0 Å². The molecule has 1 saturated carbocycles. The molecule has 4 N–H and O–H groups in total. The van der Waals surface area contributed by atoms with Crippen LogP contribution in [-0.4, -0.2) is 24.1 Å². The summed E-state index contributed by atoms with van der Waals surface area (Å²) in [6.07, 6.45) is 2.59. The van der Waals surface area contributed by atoms with Gasteiger partial charge in [0.05, 0.1) is 5.41 Å². The lowest BCUT2D eigenvalue weighted by Gasteiger charge is -2.12. The van der Waals surface area contributed by atoms with Crippen molar-refractivity contribution >= 4 is 5.91 Å². The zero-order valence-corrected chi connectivity index (χ0v) is 9.78. The maximum absolute atomic E-state index is 11.8. The van der Waals surface area contributed by atoms with Gasteiger partial charge >= 0.3 is 0 Å². The normalized spacial score (nSPS) is 16.5. The van der Waals surface area contributed by atoms with Crippen LogP contribution in [-0.2, 0) is 11.2 Å². The fourth-order valence-corrected chi connectivity index (χ4v) is 1.85. The van der Waals surface area contributed by atoms with Gasteiger partial charge in [-0.25, -0.2) is 0 Å². The molecule has 0 spiro atoms. The topological polar surface area (TPSA) is 75.4 Å². The van der Waals surface area contributed by atoms with Gasteiger partial charge in [0.1, 0.15) is 5.75 Å². The van der Waals surface area contributed by atoms with Gasteiger partial charge < -0.3 is 16.2 Å². The highest BCUT2D eigenvalue weighted by Crippen LogP contribution is 2.44. The molecule has 0 heterocycles. The number of phenolic OH excluding ortho intramolecular Hbond substituents is 1. The number of hydrogen-bond donors (Lipinski definition) is 3. The number of aromatic hydroxyl groups is 1. The second kappa shape index (κ2) is 4.75. The predicted octanol–water partition coefficient (Wildman–Crippen LogP) is 0.790. The van der Waals surface area contributed by atoms with Crippen molar-refractivity contribution in [3.63, 3.8) is 0 Å². The molecule has 1 aromatic rings. The van der Waals surface area contributed by atoms with Crippen LogP contribution in [0.25, 0.3) is 0 Å². The Kier molecular flexibility index (Phi) is 3.33. The van der Waals surface area contributed by atoms with Gasteiger partial charge in [-0.05, 0) is 37.0 Å². The number of phenols is 1. The molecule has 4 nitrogen and oxygen atoms in total. The third-order valence-corrected chi connectivity index (χ3v) is 3.36. The summed E-state index contributed by atoms with van der Waals surface area (Å²) in [5.41, 5.74) is 6.41. The fourth-order valence-electron chi connectivity index (χ4n) is 1.85. The standard InChI is InChI=1S/C13H18N2O2/c14-9-13(6-7-13)12(17)15-8-5-10-1-3-11(16)4-2-10/h1-4,16H,5-9,14H2,(H,15,17). The molecule has 92 valence electrons. The second-order valence-corrected chi connectivity index (χ2v) is 4.66. The number of amides is 1. The quantitative estimate of drug-likeness (QED) is 0.705. The van der Waals surface area contributed by atoms with Crippen LogP contribution in [0.1, 0.15) is 18.4 Å². The molecule has 1 aliphatic rings. The Hall–Kier alpha value is -1.55. The maximum atomic E-state index is 11.8. The molecule has 1 aliphatic carbocycles. The summed E-state index contributed by atoms with van der Waals surface area (Å²) in [5, 5.41) is 12.1. The van der Waals surface area contributed by atoms with Crippen LogP contribution in [0.4, 0.5) is 0 Å². The van der Waals surface area contributed by atoms with Crippen molar-refractivity contribution in [3.8, 4) is 5.75 Å². The highest BCUT2D eigenvalue weighted by Gasteiger charge is 2.48. The summed E-state index contributed by atoms with van der Waals surface area (Å²) in [6, 6.07) is 7.02. The molecular weight excluding hydrogens is 216 g/mol. The van der Waals surface area contributed by atoms with Crippen LogP contribution in [0, 0.1) is 5.41 Å². The number of carbonyl (C=O) groups is 1. The van der Waals surface area contributed by atoms with E-state index in [-0.39, 0.29) is 17.1 Å². The highest BCUT2D eigenvalue weighted by atomic mass is 16.3. The van der Waals surface area contributed by atoms with E-state index >= 15 is 0 Å². The third kappa shape index (κ3) is 2.77. The summed E-state index contributed by atoms with van der Waals surface area (Å²) in [6.45, 7) is 1.06. The van der Waals surface area contributed by atoms with E-state index < -0.39 is 0 Å². The summed E-state index contributed by atoms with van der Waals surface area (Å²) >= 11 is 0. The maximum Gasteiger partial charge on any atom is 0.227 e. The Morgan fingerprint density at radius 2 is 2.00 bits per heavy atom. The zero-order chi connectivity index (χ0) is 12.3. The highest BCUT2D eigenvalue weighted by molar-refractivity contribution is 5.85.